The van der Waals surface area contributed by atoms with E-state index in [1.165, 1.54) is 6.92 Å². The molecule has 1 aliphatic rings. The van der Waals surface area contributed by atoms with Crippen molar-refractivity contribution in [1.82, 2.24) is 10.2 Å². The van der Waals surface area contributed by atoms with E-state index in [0.717, 1.165) is 11.1 Å². The average molecular weight is 424 g/mol. The van der Waals surface area contributed by atoms with E-state index in [-0.39, 0.29) is 25.0 Å². The van der Waals surface area contributed by atoms with Crippen molar-refractivity contribution in [2.24, 2.45) is 0 Å². The normalized spacial score (nSPS) is 15.1. The van der Waals surface area contributed by atoms with Crippen LogP contribution in [-0.2, 0) is 31.1 Å². The molecule has 1 aliphatic heterocycles. The molecule has 0 bridgehead atoms. The van der Waals surface area contributed by atoms with Crippen LogP contribution < -0.4 is 10.1 Å². The smallest absolute Gasteiger partial charge is 0.317 e. The molecule has 31 heavy (non-hydrogen) atoms. The molecule has 2 aromatic rings. The minimum Gasteiger partial charge on any atom is -0.496 e. The van der Waals surface area contributed by atoms with E-state index < -0.39 is 11.4 Å². The van der Waals surface area contributed by atoms with E-state index in [2.05, 4.69) is 5.32 Å². The van der Waals surface area contributed by atoms with Crippen molar-refractivity contribution in [2.45, 2.75) is 31.7 Å². The Bertz CT molecular complexity index is 921. The number of likely N-dealkylation sites (tertiary alicyclic amines) is 1. The summed E-state index contributed by atoms with van der Waals surface area (Å²) in [5.41, 5.74) is 0.815. The molecule has 2 aromatic carbocycles. The van der Waals surface area contributed by atoms with Crippen LogP contribution in [0.15, 0.2) is 54.6 Å². The highest BCUT2D eigenvalue weighted by molar-refractivity contribution is 5.87. The zero-order valence-corrected chi connectivity index (χ0v) is 17.9. The van der Waals surface area contributed by atoms with Gasteiger partial charge in [0.2, 0.25) is 5.91 Å². The largest absolute Gasteiger partial charge is 0.496 e. The quantitative estimate of drug-likeness (QED) is 0.690. The van der Waals surface area contributed by atoms with Gasteiger partial charge in [0.05, 0.1) is 12.5 Å². The highest BCUT2D eigenvalue weighted by atomic mass is 16.5. The molecule has 164 valence electrons. The summed E-state index contributed by atoms with van der Waals surface area (Å²) >= 11 is 0. The van der Waals surface area contributed by atoms with E-state index in [0.29, 0.717) is 31.7 Å². The molecule has 1 fully saturated rings. The van der Waals surface area contributed by atoms with Gasteiger partial charge in [0.15, 0.2) is 6.61 Å². The maximum atomic E-state index is 13.2. The lowest BCUT2D eigenvalue weighted by Gasteiger charge is -2.40. The lowest BCUT2D eigenvalue weighted by Crippen LogP contribution is -2.49. The first-order chi connectivity index (χ1) is 15.0. The highest BCUT2D eigenvalue weighted by Crippen LogP contribution is 2.37. The Kier molecular flexibility index (Phi) is 7.28. The van der Waals surface area contributed by atoms with Crippen LogP contribution in [0.3, 0.4) is 0 Å². The molecule has 2 amide bonds. The molecule has 1 saturated heterocycles. The first-order valence-electron chi connectivity index (χ1n) is 10.3. The van der Waals surface area contributed by atoms with Gasteiger partial charge >= 0.3 is 5.97 Å². The maximum absolute atomic E-state index is 13.2. The number of amides is 2. The first kappa shape index (κ1) is 22.3. The molecule has 0 spiro atoms. The fourth-order valence-corrected chi connectivity index (χ4v) is 3.93. The SMILES string of the molecule is COc1ccccc1CNC(=O)COC(=O)C1(c2ccccc2)CCN(C(C)=O)CC1. The highest BCUT2D eigenvalue weighted by Gasteiger charge is 2.44. The van der Waals surface area contributed by atoms with Gasteiger partial charge in [0.1, 0.15) is 5.75 Å². The second kappa shape index (κ2) is 10.1. The molecular formula is C24H28N2O5. The molecule has 0 aromatic heterocycles. The molecule has 0 atom stereocenters. The Morgan fingerprint density at radius 2 is 1.65 bits per heavy atom. The number of hydrogen-bond donors (Lipinski definition) is 1. The van der Waals surface area contributed by atoms with Gasteiger partial charge in [-0.1, -0.05) is 48.5 Å². The second-order valence-electron chi connectivity index (χ2n) is 7.62. The summed E-state index contributed by atoms with van der Waals surface area (Å²) in [4.78, 5) is 38.9. The van der Waals surface area contributed by atoms with Gasteiger partial charge in [-0.25, -0.2) is 0 Å². The zero-order valence-electron chi connectivity index (χ0n) is 17.9. The van der Waals surface area contributed by atoms with E-state index in [4.69, 9.17) is 9.47 Å². The number of carbonyl (C=O) groups is 3. The van der Waals surface area contributed by atoms with Crippen molar-refractivity contribution >= 4 is 17.8 Å². The molecule has 3 rings (SSSR count). The number of hydrogen-bond acceptors (Lipinski definition) is 5. The number of nitrogens with zero attached hydrogens (tertiary/aromatic N) is 1. The van der Waals surface area contributed by atoms with Gasteiger partial charge < -0.3 is 19.7 Å². The Hall–Kier alpha value is -3.35. The van der Waals surface area contributed by atoms with Gasteiger partial charge in [0, 0.05) is 32.1 Å². The van der Waals surface area contributed by atoms with Gasteiger partial charge in [-0.2, -0.15) is 0 Å². The number of benzene rings is 2. The number of para-hydroxylation sites is 1. The molecule has 1 heterocycles. The van der Waals surface area contributed by atoms with Crippen LogP contribution >= 0.6 is 0 Å². The van der Waals surface area contributed by atoms with Crippen molar-refractivity contribution in [1.29, 1.82) is 0 Å². The van der Waals surface area contributed by atoms with Crippen LogP contribution in [0.4, 0.5) is 0 Å². The third-order valence-corrected chi connectivity index (χ3v) is 5.78. The van der Waals surface area contributed by atoms with E-state index in [1.807, 2.05) is 54.6 Å². The maximum Gasteiger partial charge on any atom is 0.317 e. The topological polar surface area (TPSA) is 84.9 Å². The van der Waals surface area contributed by atoms with E-state index in [1.54, 1.807) is 12.0 Å². The molecule has 0 radical (unpaired) electrons. The number of methoxy groups -OCH3 is 1. The van der Waals surface area contributed by atoms with Gasteiger partial charge in [-0.15, -0.1) is 0 Å². The lowest BCUT2D eigenvalue weighted by molar-refractivity contribution is -0.157. The van der Waals surface area contributed by atoms with Gasteiger partial charge in [0.25, 0.3) is 5.91 Å². The van der Waals surface area contributed by atoms with Crippen molar-refractivity contribution in [2.75, 3.05) is 26.8 Å². The van der Waals surface area contributed by atoms with Crippen molar-refractivity contribution in [3.63, 3.8) is 0 Å². The fourth-order valence-electron chi connectivity index (χ4n) is 3.93. The van der Waals surface area contributed by atoms with Crippen molar-refractivity contribution < 1.29 is 23.9 Å². The van der Waals surface area contributed by atoms with Crippen molar-refractivity contribution in [3.05, 3.63) is 65.7 Å². The summed E-state index contributed by atoms with van der Waals surface area (Å²) in [6.45, 7) is 2.38. The van der Waals surface area contributed by atoms with Gasteiger partial charge in [-0.3, -0.25) is 14.4 Å². The number of nitrogens with one attached hydrogen (secondary N) is 1. The molecular weight excluding hydrogens is 396 g/mol. The number of carbonyl (C=O) groups excluding carboxylic acids is 3. The monoisotopic (exact) mass is 424 g/mol. The standard InChI is InChI=1S/C24H28N2O5/c1-18(27)26-14-12-24(13-15-26,20-9-4-3-5-10-20)23(29)31-17-22(28)25-16-19-8-6-7-11-21(19)30-2/h3-11H,12-17H2,1-2H3,(H,25,28). The predicted octanol–water partition coefficient (Wildman–Crippen LogP) is 2.43. The van der Waals surface area contributed by atoms with Crippen LogP contribution in [0.5, 0.6) is 5.75 Å². The molecule has 1 N–H and O–H groups in total. The molecule has 7 heteroatoms. The molecule has 7 nitrogen and oxygen atoms in total. The lowest BCUT2D eigenvalue weighted by atomic mass is 9.72. The summed E-state index contributed by atoms with van der Waals surface area (Å²) in [6.07, 6.45) is 0.913. The third kappa shape index (κ3) is 5.23. The Morgan fingerprint density at radius 1 is 1.00 bits per heavy atom. The van der Waals surface area contributed by atoms with Crippen LogP contribution in [0.1, 0.15) is 30.9 Å². The Labute approximate surface area is 182 Å². The molecule has 0 unspecified atom stereocenters. The summed E-state index contributed by atoms with van der Waals surface area (Å²) < 4.78 is 10.7. The summed E-state index contributed by atoms with van der Waals surface area (Å²) in [7, 11) is 1.57. The van der Waals surface area contributed by atoms with Crippen LogP contribution in [-0.4, -0.2) is 49.5 Å². The fraction of sp³-hybridized carbons (Fsp3) is 0.375. The number of esters is 1. The number of piperidine rings is 1. The summed E-state index contributed by atoms with van der Waals surface area (Å²) in [6, 6.07) is 16.8. The van der Waals surface area contributed by atoms with Crippen molar-refractivity contribution in [3.8, 4) is 5.75 Å². The summed E-state index contributed by atoms with van der Waals surface area (Å²) in [5.74, 6) is -0.149. The van der Waals surface area contributed by atoms with E-state index >= 15 is 0 Å². The number of rotatable bonds is 7. The predicted molar refractivity (Wildman–Crippen MR) is 115 cm³/mol. The molecule has 0 aliphatic carbocycles. The Morgan fingerprint density at radius 3 is 2.29 bits per heavy atom. The zero-order chi connectivity index (χ0) is 22.3. The van der Waals surface area contributed by atoms with Crippen LogP contribution in [0.2, 0.25) is 0 Å². The minimum absolute atomic E-state index is 0.00857. The summed E-state index contributed by atoms with van der Waals surface area (Å²) in [5, 5.41) is 2.76. The Balaban J connectivity index is 1.63. The average Bonchev–Trinajstić information content (AvgIpc) is 2.81. The van der Waals surface area contributed by atoms with Crippen LogP contribution in [0.25, 0.3) is 0 Å². The van der Waals surface area contributed by atoms with E-state index in [9.17, 15) is 14.4 Å². The molecule has 0 saturated carbocycles. The minimum atomic E-state index is -0.865. The van der Waals surface area contributed by atoms with Gasteiger partial charge in [-0.05, 0) is 24.5 Å². The van der Waals surface area contributed by atoms with Crippen LogP contribution in [0, 0.1) is 0 Å². The third-order valence-electron chi connectivity index (χ3n) is 5.78. The second-order valence-corrected chi connectivity index (χ2v) is 7.62. The number of ether oxygens (including phenoxy) is 2. The first-order valence-corrected chi connectivity index (χ1v) is 10.3.